The molecule has 0 aliphatic rings. The first-order valence-electron chi connectivity index (χ1n) is 9.97. The summed E-state index contributed by atoms with van der Waals surface area (Å²) in [5.74, 6) is -0.428. The first kappa shape index (κ1) is 22.8. The van der Waals surface area contributed by atoms with Crippen LogP contribution in [0.25, 0.3) is 0 Å². The van der Waals surface area contributed by atoms with Crippen LogP contribution >= 0.6 is 11.6 Å². The predicted molar refractivity (Wildman–Crippen MR) is 126 cm³/mol. The lowest BCUT2D eigenvalue weighted by atomic mass is 10.1. The van der Waals surface area contributed by atoms with E-state index in [1.807, 2.05) is 32.0 Å². The topological polar surface area (TPSA) is 66.5 Å². The van der Waals surface area contributed by atoms with E-state index in [0.29, 0.717) is 16.3 Å². The lowest BCUT2D eigenvalue weighted by molar-refractivity contribution is -0.114. The Morgan fingerprint density at radius 1 is 0.968 bits per heavy atom. The summed E-state index contributed by atoms with van der Waals surface area (Å²) < 4.78 is 28.1. The second-order valence-corrected chi connectivity index (χ2v) is 9.49. The van der Waals surface area contributed by atoms with Crippen LogP contribution in [0, 0.1) is 13.8 Å². The highest BCUT2D eigenvalue weighted by atomic mass is 35.5. The van der Waals surface area contributed by atoms with Crippen molar-refractivity contribution in [3.63, 3.8) is 0 Å². The van der Waals surface area contributed by atoms with E-state index in [2.05, 4.69) is 5.32 Å². The van der Waals surface area contributed by atoms with Crippen LogP contribution in [0.5, 0.6) is 0 Å². The van der Waals surface area contributed by atoms with Crippen LogP contribution < -0.4 is 9.62 Å². The molecule has 162 valence electrons. The second-order valence-electron chi connectivity index (χ2n) is 7.22. The highest BCUT2D eigenvalue weighted by Crippen LogP contribution is 2.31. The third-order valence-electron chi connectivity index (χ3n) is 5.13. The number of hydrogen-bond acceptors (Lipinski definition) is 3. The summed E-state index contributed by atoms with van der Waals surface area (Å²) in [6, 6.07) is 18.9. The van der Waals surface area contributed by atoms with Crippen LogP contribution in [0.2, 0.25) is 5.02 Å². The minimum atomic E-state index is -3.99. The lowest BCUT2D eigenvalue weighted by Crippen LogP contribution is -2.38. The molecule has 1 amide bonds. The molecule has 0 bridgehead atoms. The minimum absolute atomic E-state index is 0.104. The fourth-order valence-corrected chi connectivity index (χ4v) is 5.07. The number of nitrogens with one attached hydrogen (secondary N) is 1. The average Bonchev–Trinajstić information content (AvgIpc) is 2.76. The molecule has 31 heavy (non-hydrogen) atoms. The highest BCUT2D eigenvalue weighted by molar-refractivity contribution is 7.92. The standard InChI is InChI=1S/C24H25ClN2O3S/c1-4-19-11-8-10-17(2)24(19)26-23(28)16-27(22-15-9-14-21(25)18(22)3)31(29,30)20-12-6-5-7-13-20/h5-15H,4,16H2,1-3H3,(H,26,28). The van der Waals surface area contributed by atoms with E-state index in [-0.39, 0.29) is 11.4 Å². The summed E-state index contributed by atoms with van der Waals surface area (Å²) in [7, 11) is -3.99. The maximum Gasteiger partial charge on any atom is 0.264 e. The van der Waals surface area contributed by atoms with Gasteiger partial charge in [0.2, 0.25) is 5.91 Å². The second kappa shape index (κ2) is 9.54. The van der Waals surface area contributed by atoms with Gasteiger partial charge in [-0.2, -0.15) is 0 Å². The molecule has 3 aromatic carbocycles. The summed E-state index contributed by atoms with van der Waals surface area (Å²) in [6.07, 6.45) is 0.747. The number of halogens is 1. The number of hydrogen-bond donors (Lipinski definition) is 1. The molecular weight excluding hydrogens is 432 g/mol. The molecule has 0 spiro atoms. The fraction of sp³-hybridized carbons (Fsp3) is 0.208. The van der Waals surface area contributed by atoms with Crippen molar-refractivity contribution < 1.29 is 13.2 Å². The van der Waals surface area contributed by atoms with Crippen molar-refractivity contribution in [2.75, 3.05) is 16.2 Å². The Hall–Kier alpha value is -2.83. The third kappa shape index (κ3) is 4.92. The lowest BCUT2D eigenvalue weighted by Gasteiger charge is -2.26. The average molecular weight is 457 g/mol. The molecule has 0 aliphatic carbocycles. The number of benzene rings is 3. The first-order valence-corrected chi connectivity index (χ1v) is 11.8. The Bertz CT molecular complexity index is 1190. The summed E-state index contributed by atoms with van der Waals surface area (Å²) in [4.78, 5) is 13.1. The number of nitrogens with zero attached hydrogens (tertiary/aromatic N) is 1. The molecule has 0 atom stereocenters. The van der Waals surface area contributed by atoms with Gasteiger partial charge in [-0.05, 0) is 61.2 Å². The molecule has 0 aliphatic heterocycles. The number of carbonyl (C=O) groups excluding carboxylic acids is 1. The van der Waals surface area contributed by atoms with Crippen LogP contribution in [-0.2, 0) is 21.2 Å². The zero-order valence-electron chi connectivity index (χ0n) is 17.7. The van der Waals surface area contributed by atoms with Crippen LogP contribution in [-0.4, -0.2) is 20.9 Å². The van der Waals surface area contributed by atoms with Gasteiger partial charge in [0.1, 0.15) is 6.54 Å². The maximum atomic E-state index is 13.5. The van der Waals surface area contributed by atoms with Gasteiger partial charge in [-0.3, -0.25) is 9.10 Å². The van der Waals surface area contributed by atoms with Crippen LogP contribution in [0.15, 0.2) is 71.6 Å². The van der Waals surface area contributed by atoms with Gasteiger partial charge in [0, 0.05) is 10.7 Å². The maximum absolute atomic E-state index is 13.5. The molecule has 0 radical (unpaired) electrons. The van der Waals surface area contributed by atoms with Gasteiger partial charge in [-0.25, -0.2) is 8.42 Å². The molecule has 0 unspecified atom stereocenters. The molecule has 0 aromatic heterocycles. The van der Waals surface area contributed by atoms with E-state index < -0.39 is 15.9 Å². The van der Waals surface area contributed by atoms with Crippen molar-refractivity contribution in [3.8, 4) is 0 Å². The van der Waals surface area contributed by atoms with Crippen molar-refractivity contribution in [1.82, 2.24) is 0 Å². The third-order valence-corrected chi connectivity index (χ3v) is 7.31. The highest BCUT2D eigenvalue weighted by Gasteiger charge is 2.29. The van der Waals surface area contributed by atoms with Crippen molar-refractivity contribution in [3.05, 3.63) is 88.4 Å². The zero-order valence-corrected chi connectivity index (χ0v) is 19.3. The van der Waals surface area contributed by atoms with Gasteiger partial charge in [0.05, 0.1) is 10.6 Å². The van der Waals surface area contributed by atoms with Gasteiger partial charge in [-0.1, -0.05) is 61.0 Å². The van der Waals surface area contributed by atoms with E-state index in [4.69, 9.17) is 11.6 Å². The van der Waals surface area contributed by atoms with Crippen LogP contribution in [0.1, 0.15) is 23.6 Å². The number of anilines is 2. The molecule has 1 N–H and O–H groups in total. The summed E-state index contributed by atoms with van der Waals surface area (Å²) >= 11 is 6.26. The molecule has 0 saturated carbocycles. The van der Waals surface area contributed by atoms with E-state index in [0.717, 1.165) is 27.5 Å². The van der Waals surface area contributed by atoms with Crippen molar-refractivity contribution in [2.24, 2.45) is 0 Å². The number of sulfonamides is 1. The van der Waals surface area contributed by atoms with E-state index in [1.54, 1.807) is 43.3 Å². The van der Waals surface area contributed by atoms with Gasteiger partial charge < -0.3 is 5.32 Å². The number of rotatable bonds is 7. The molecule has 3 rings (SSSR count). The monoisotopic (exact) mass is 456 g/mol. The van der Waals surface area contributed by atoms with Gasteiger partial charge in [-0.15, -0.1) is 0 Å². The van der Waals surface area contributed by atoms with Crippen LogP contribution in [0.3, 0.4) is 0 Å². The number of para-hydroxylation sites is 1. The Morgan fingerprint density at radius 3 is 2.32 bits per heavy atom. The summed E-state index contributed by atoms with van der Waals surface area (Å²) in [5.41, 5.74) is 3.58. The number of carbonyl (C=O) groups is 1. The Morgan fingerprint density at radius 2 is 1.65 bits per heavy atom. The minimum Gasteiger partial charge on any atom is -0.324 e. The van der Waals surface area contributed by atoms with Gasteiger partial charge in [0.25, 0.3) is 10.0 Å². The van der Waals surface area contributed by atoms with Crippen molar-refractivity contribution >= 4 is 38.9 Å². The number of amides is 1. The Labute approximate surface area is 188 Å². The molecule has 0 heterocycles. The fourth-order valence-electron chi connectivity index (χ4n) is 3.40. The molecule has 5 nitrogen and oxygen atoms in total. The SMILES string of the molecule is CCc1cccc(C)c1NC(=O)CN(c1cccc(Cl)c1C)S(=O)(=O)c1ccccc1. The van der Waals surface area contributed by atoms with Crippen LogP contribution in [0.4, 0.5) is 11.4 Å². The van der Waals surface area contributed by atoms with E-state index >= 15 is 0 Å². The molecule has 0 fully saturated rings. The largest absolute Gasteiger partial charge is 0.324 e. The summed E-state index contributed by atoms with van der Waals surface area (Å²) in [5, 5.41) is 3.34. The first-order chi connectivity index (χ1) is 14.8. The van der Waals surface area contributed by atoms with Gasteiger partial charge in [0.15, 0.2) is 0 Å². The van der Waals surface area contributed by atoms with Gasteiger partial charge >= 0.3 is 0 Å². The molecule has 7 heteroatoms. The molecule has 0 saturated heterocycles. The van der Waals surface area contributed by atoms with Crippen molar-refractivity contribution in [1.29, 1.82) is 0 Å². The van der Waals surface area contributed by atoms with E-state index in [9.17, 15) is 13.2 Å². The van der Waals surface area contributed by atoms with E-state index in [1.165, 1.54) is 12.1 Å². The number of aryl methyl sites for hydroxylation is 2. The quantitative estimate of drug-likeness (QED) is 0.520. The smallest absolute Gasteiger partial charge is 0.264 e. The normalized spacial score (nSPS) is 11.2. The Kier molecular flexibility index (Phi) is 7.03. The predicted octanol–water partition coefficient (Wildman–Crippen LogP) is 5.35. The zero-order chi connectivity index (χ0) is 22.6. The Balaban J connectivity index is 2.02. The summed E-state index contributed by atoms with van der Waals surface area (Å²) in [6.45, 7) is 5.27. The molecule has 3 aromatic rings. The van der Waals surface area contributed by atoms with Crippen molar-refractivity contribution in [2.45, 2.75) is 32.1 Å². The molecular formula is C24H25ClN2O3S.